The number of hydrogen-bond donors (Lipinski definition) is 1. The molecule has 0 spiro atoms. The zero-order valence-electron chi connectivity index (χ0n) is 24.3. The van der Waals surface area contributed by atoms with Crippen molar-refractivity contribution in [3.63, 3.8) is 0 Å². The summed E-state index contributed by atoms with van der Waals surface area (Å²) in [5.74, 6) is 1.46. The summed E-state index contributed by atoms with van der Waals surface area (Å²) >= 11 is 0. The Labute approximate surface area is 239 Å². The Morgan fingerprint density at radius 1 is 1.07 bits per heavy atom. The Hall–Kier alpha value is -2.68. The van der Waals surface area contributed by atoms with Gasteiger partial charge in [-0.05, 0) is 67.0 Å². The fourth-order valence-corrected chi connectivity index (χ4v) is 11.3. The second kappa shape index (κ2) is 12.0. The molecule has 0 aliphatic carbocycles. The molecule has 0 radical (unpaired) electrons. The monoisotopic (exact) mass is 564 g/mol. The largest absolute Gasteiger partial charge is 0.497 e. The van der Waals surface area contributed by atoms with E-state index in [1.54, 1.807) is 7.11 Å². The summed E-state index contributed by atoms with van der Waals surface area (Å²) in [6, 6.07) is 16.7. The summed E-state index contributed by atoms with van der Waals surface area (Å²) < 4.78 is 12.2. The van der Waals surface area contributed by atoms with Gasteiger partial charge in [-0.3, -0.25) is 9.59 Å². The van der Waals surface area contributed by atoms with Crippen LogP contribution in [0.3, 0.4) is 0 Å². The lowest BCUT2D eigenvalue weighted by Crippen LogP contribution is -2.51. The van der Waals surface area contributed by atoms with Gasteiger partial charge in [-0.1, -0.05) is 49.5 Å². The molecule has 0 unspecified atom stereocenters. The lowest BCUT2D eigenvalue weighted by atomic mass is 9.95. The number of methoxy groups -OCH3 is 1. The van der Waals surface area contributed by atoms with E-state index in [0.717, 1.165) is 50.2 Å². The van der Waals surface area contributed by atoms with Crippen LogP contribution in [0.2, 0.25) is 18.6 Å². The van der Waals surface area contributed by atoms with E-state index in [4.69, 9.17) is 9.47 Å². The first kappa shape index (κ1) is 28.8. The van der Waals surface area contributed by atoms with Crippen molar-refractivity contribution < 1.29 is 24.2 Å². The zero-order chi connectivity index (χ0) is 28.4. The maximum atomic E-state index is 13.5. The number of β-lactam (4-membered cyclic amide) rings is 1. The van der Waals surface area contributed by atoms with Gasteiger partial charge in [0.1, 0.15) is 5.75 Å². The van der Waals surface area contributed by atoms with Crippen LogP contribution in [0.1, 0.15) is 44.6 Å². The van der Waals surface area contributed by atoms with E-state index in [9.17, 15) is 14.7 Å². The average Bonchev–Trinajstić information content (AvgIpc) is 3.56. The molecule has 2 aromatic carbocycles. The predicted octanol–water partition coefficient (Wildman–Crippen LogP) is 4.13. The second-order valence-electron chi connectivity index (χ2n) is 12.3. The number of rotatable bonds is 10. The van der Waals surface area contributed by atoms with Gasteiger partial charge in [-0.25, -0.2) is 0 Å². The number of carbonyl (C=O) groups excluding carboxylic acids is 2. The Kier molecular flexibility index (Phi) is 8.68. The highest BCUT2D eigenvalue weighted by molar-refractivity contribution is 6.91. The van der Waals surface area contributed by atoms with Gasteiger partial charge in [0.15, 0.2) is 0 Å². The topological polar surface area (TPSA) is 79.3 Å². The van der Waals surface area contributed by atoms with Crippen LogP contribution >= 0.6 is 0 Å². The van der Waals surface area contributed by atoms with Crippen LogP contribution in [0.5, 0.6) is 5.75 Å². The third kappa shape index (κ3) is 5.71. The zero-order valence-corrected chi connectivity index (χ0v) is 25.3. The number of aliphatic hydroxyl groups is 1. The van der Waals surface area contributed by atoms with Crippen molar-refractivity contribution in [2.75, 3.05) is 31.7 Å². The third-order valence-electron chi connectivity index (χ3n) is 9.67. The van der Waals surface area contributed by atoms with Crippen molar-refractivity contribution >= 4 is 30.8 Å². The molecule has 3 fully saturated rings. The number of aliphatic hydroxyl groups excluding tert-OH is 1. The van der Waals surface area contributed by atoms with E-state index in [-0.39, 0.29) is 42.2 Å². The van der Waals surface area contributed by atoms with Gasteiger partial charge in [0.2, 0.25) is 11.8 Å². The molecule has 2 amide bonds. The summed E-state index contributed by atoms with van der Waals surface area (Å²) in [5.41, 5.74) is 2.49. The first-order valence-corrected chi connectivity index (χ1v) is 17.9. The van der Waals surface area contributed by atoms with Crippen LogP contribution in [0.25, 0.3) is 0 Å². The van der Waals surface area contributed by atoms with Crippen LogP contribution in [0, 0.1) is 5.92 Å². The molecule has 216 valence electrons. The van der Waals surface area contributed by atoms with Gasteiger partial charge in [0, 0.05) is 25.2 Å². The summed E-state index contributed by atoms with van der Waals surface area (Å²) in [4.78, 5) is 29.0. The van der Waals surface area contributed by atoms with E-state index >= 15 is 0 Å². The minimum absolute atomic E-state index is 0.0243. The van der Waals surface area contributed by atoms with Crippen molar-refractivity contribution in [1.29, 1.82) is 0 Å². The van der Waals surface area contributed by atoms with Crippen LogP contribution < -0.4 is 14.8 Å². The van der Waals surface area contributed by atoms with Crippen LogP contribution in [-0.4, -0.2) is 75.0 Å². The molecule has 0 aromatic heterocycles. The summed E-state index contributed by atoms with van der Waals surface area (Å²) in [7, 11) is -0.365. The van der Waals surface area contributed by atoms with Gasteiger partial charge in [-0.15, -0.1) is 0 Å². The van der Waals surface area contributed by atoms with Crippen LogP contribution in [0.4, 0.5) is 5.69 Å². The highest BCUT2D eigenvalue weighted by Gasteiger charge is 2.51. The Morgan fingerprint density at radius 3 is 2.40 bits per heavy atom. The molecular weight excluding hydrogens is 520 g/mol. The van der Waals surface area contributed by atoms with Gasteiger partial charge < -0.3 is 24.4 Å². The van der Waals surface area contributed by atoms with Gasteiger partial charge in [0.05, 0.1) is 46.5 Å². The van der Waals surface area contributed by atoms with Crippen molar-refractivity contribution in [3.05, 3.63) is 54.1 Å². The molecule has 5 atom stereocenters. The lowest BCUT2D eigenvalue weighted by Gasteiger charge is -2.36. The fraction of sp³-hybridized carbons (Fsp3) is 0.562. The van der Waals surface area contributed by atoms with Crippen molar-refractivity contribution in [2.24, 2.45) is 5.92 Å². The Balaban J connectivity index is 1.32. The number of likely N-dealkylation sites (tertiary alicyclic amines) is 1. The second-order valence-corrected chi connectivity index (χ2v) is 17.0. The van der Waals surface area contributed by atoms with Crippen LogP contribution in [-0.2, 0) is 20.7 Å². The Bertz CT molecular complexity index is 1180. The number of anilines is 1. The van der Waals surface area contributed by atoms with E-state index in [1.165, 1.54) is 10.8 Å². The molecule has 3 aliphatic rings. The molecule has 5 rings (SSSR count). The minimum Gasteiger partial charge on any atom is -0.497 e. The smallest absolute Gasteiger partial charge is 0.228 e. The molecule has 3 saturated heterocycles. The highest BCUT2D eigenvalue weighted by Crippen LogP contribution is 2.46. The molecule has 3 aliphatic heterocycles. The predicted molar refractivity (Wildman–Crippen MR) is 160 cm³/mol. The normalized spacial score (nSPS) is 26.7. The van der Waals surface area contributed by atoms with E-state index in [2.05, 4.69) is 44.3 Å². The van der Waals surface area contributed by atoms with Gasteiger partial charge in [0.25, 0.3) is 0 Å². The van der Waals surface area contributed by atoms with E-state index in [1.807, 2.05) is 34.1 Å². The lowest BCUT2D eigenvalue weighted by molar-refractivity contribution is -0.135. The molecule has 0 saturated carbocycles. The number of carbonyl (C=O) groups is 2. The van der Waals surface area contributed by atoms with E-state index in [0.29, 0.717) is 18.8 Å². The molecule has 7 nitrogen and oxygen atoms in total. The summed E-state index contributed by atoms with van der Waals surface area (Å²) in [6.07, 6.45) is 4.52. The maximum absolute atomic E-state index is 13.5. The number of benzene rings is 2. The number of hydrogen-bond acceptors (Lipinski definition) is 5. The van der Waals surface area contributed by atoms with E-state index < -0.39 is 8.07 Å². The molecule has 1 N–H and O–H groups in total. The molecule has 3 heterocycles. The van der Waals surface area contributed by atoms with Crippen molar-refractivity contribution in [2.45, 2.75) is 82.3 Å². The third-order valence-corrected chi connectivity index (χ3v) is 14.1. The van der Waals surface area contributed by atoms with Crippen molar-refractivity contribution in [1.82, 2.24) is 4.90 Å². The standard InChI is InChI=1S/C32H44N2O5Si/c1-22-28(16-9-23-7-10-24(11-8-23)34-19-17-30(34)36)39-29(20-31(37)33-18-5-6-25(33)21-35)32(22)40(3,4)27-14-12-26(38-2)13-15-27/h7-8,10-15,22,25,28-29,32,35H,5-6,9,16-21H2,1-4H3/t22-,25-,28+,29-,32+/m0/s1. The maximum Gasteiger partial charge on any atom is 0.228 e. The number of amides is 2. The van der Waals surface area contributed by atoms with Crippen LogP contribution in [0.15, 0.2) is 48.5 Å². The summed E-state index contributed by atoms with van der Waals surface area (Å²) in [6.45, 7) is 8.67. The molecule has 0 bridgehead atoms. The number of aryl methyl sites for hydroxylation is 1. The molecule has 2 aromatic rings. The van der Waals surface area contributed by atoms with Crippen molar-refractivity contribution in [3.8, 4) is 5.75 Å². The first-order chi connectivity index (χ1) is 19.2. The molecule has 40 heavy (non-hydrogen) atoms. The SMILES string of the molecule is COc1ccc([Si](C)(C)[C@@H]2[C@@H](C)[C@@H](CCc3ccc(N4CCC4=O)cc3)O[C@H]2CC(=O)N2CCC[C@H]2CO)cc1. The van der Waals surface area contributed by atoms with Gasteiger partial charge in [-0.2, -0.15) is 0 Å². The fourth-order valence-electron chi connectivity index (χ4n) is 7.23. The average molecular weight is 565 g/mol. The number of nitrogens with zero attached hydrogens (tertiary/aromatic N) is 2. The molecular formula is C32H44N2O5Si. The molecule has 8 heteroatoms. The quantitative estimate of drug-likeness (QED) is 0.347. The first-order valence-electron chi connectivity index (χ1n) is 14.8. The number of ether oxygens (including phenoxy) is 2. The minimum atomic E-state index is -2.05. The van der Waals surface area contributed by atoms with Gasteiger partial charge >= 0.3 is 0 Å². The highest BCUT2D eigenvalue weighted by atomic mass is 28.3. The Morgan fingerprint density at radius 2 is 1.80 bits per heavy atom. The summed E-state index contributed by atoms with van der Waals surface area (Å²) in [5, 5.41) is 11.2.